The minimum absolute atomic E-state index is 0.708. The summed E-state index contributed by atoms with van der Waals surface area (Å²) in [4.78, 5) is 10.4. The lowest BCUT2D eigenvalue weighted by molar-refractivity contribution is -0.139. The Hall–Kier alpha value is -1.40. The number of hydrogen-bond donors (Lipinski definition) is 0. The SMILES string of the molecule is C=CC(=O)OCCC(F)(F)C(F)=C(F)F. The van der Waals surface area contributed by atoms with Crippen molar-refractivity contribution in [3.63, 3.8) is 0 Å². The van der Waals surface area contributed by atoms with Gasteiger partial charge in [-0.1, -0.05) is 6.58 Å². The van der Waals surface area contributed by atoms with E-state index in [1.807, 2.05) is 0 Å². The van der Waals surface area contributed by atoms with Crippen LogP contribution in [0.3, 0.4) is 0 Å². The minimum Gasteiger partial charge on any atom is -0.462 e. The fourth-order valence-corrected chi connectivity index (χ4v) is 0.587. The van der Waals surface area contributed by atoms with Crippen LogP contribution in [0.4, 0.5) is 22.0 Å². The van der Waals surface area contributed by atoms with Gasteiger partial charge in [0.15, 0.2) is 0 Å². The van der Waals surface area contributed by atoms with E-state index in [9.17, 15) is 26.7 Å². The zero-order valence-electron chi connectivity index (χ0n) is 7.40. The van der Waals surface area contributed by atoms with Gasteiger partial charge in [-0.05, 0) is 0 Å². The lowest BCUT2D eigenvalue weighted by Crippen LogP contribution is -2.21. The maximum absolute atomic E-state index is 12.5. The van der Waals surface area contributed by atoms with Crippen molar-refractivity contribution >= 4 is 5.97 Å². The molecular weight excluding hydrogens is 223 g/mol. The smallest absolute Gasteiger partial charge is 0.330 e. The van der Waals surface area contributed by atoms with Crippen LogP contribution in [-0.4, -0.2) is 18.5 Å². The molecule has 0 spiro atoms. The molecule has 0 N–H and O–H groups in total. The maximum Gasteiger partial charge on any atom is 0.330 e. The number of ether oxygens (including phenoxy) is 1. The van der Waals surface area contributed by atoms with Crippen LogP contribution < -0.4 is 0 Å². The molecule has 15 heavy (non-hydrogen) atoms. The van der Waals surface area contributed by atoms with Crippen molar-refractivity contribution in [3.05, 3.63) is 24.6 Å². The molecule has 0 heterocycles. The van der Waals surface area contributed by atoms with Gasteiger partial charge < -0.3 is 4.74 Å². The molecule has 0 aliphatic heterocycles. The predicted molar refractivity (Wildman–Crippen MR) is 41.1 cm³/mol. The average molecular weight is 230 g/mol. The Morgan fingerprint density at radius 1 is 1.33 bits per heavy atom. The highest BCUT2D eigenvalue weighted by atomic mass is 19.3. The highest BCUT2D eigenvalue weighted by Gasteiger charge is 2.38. The second kappa shape index (κ2) is 5.47. The zero-order chi connectivity index (χ0) is 12.1. The highest BCUT2D eigenvalue weighted by Crippen LogP contribution is 2.32. The summed E-state index contributed by atoms with van der Waals surface area (Å²) in [7, 11) is 0. The Morgan fingerprint density at radius 3 is 2.27 bits per heavy atom. The second-order valence-electron chi connectivity index (χ2n) is 2.40. The molecule has 0 fully saturated rings. The first-order valence-corrected chi connectivity index (χ1v) is 3.69. The number of carbonyl (C=O) groups excluding carboxylic acids is 1. The van der Waals surface area contributed by atoms with Crippen molar-refractivity contribution in [3.8, 4) is 0 Å². The largest absolute Gasteiger partial charge is 0.462 e. The van der Waals surface area contributed by atoms with Gasteiger partial charge in [-0.3, -0.25) is 0 Å². The van der Waals surface area contributed by atoms with Crippen LogP contribution >= 0.6 is 0 Å². The Balaban J connectivity index is 4.22. The Morgan fingerprint density at radius 2 is 1.87 bits per heavy atom. The first kappa shape index (κ1) is 13.6. The molecule has 0 atom stereocenters. The molecule has 0 amide bonds. The van der Waals surface area contributed by atoms with Crippen LogP contribution in [-0.2, 0) is 9.53 Å². The molecule has 0 saturated carbocycles. The number of esters is 1. The van der Waals surface area contributed by atoms with Crippen molar-refractivity contribution in [2.45, 2.75) is 12.3 Å². The van der Waals surface area contributed by atoms with E-state index < -0.39 is 36.8 Å². The van der Waals surface area contributed by atoms with Gasteiger partial charge in [0.05, 0.1) is 13.0 Å². The van der Waals surface area contributed by atoms with E-state index in [2.05, 4.69) is 11.3 Å². The van der Waals surface area contributed by atoms with Crippen molar-refractivity contribution in [1.82, 2.24) is 0 Å². The van der Waals surface area contributed by atoms with Crippen LogP contribution in [0, 0.1) is 0 Å². The molecule has 0 aromatic carbocycles. The van der Waals surface area contributed by atoms with E-state index in [1.165, 1.54) is 0 Å². The number of rotatable bonds is 5. The molecule has 0 radical (unpaired) electrons. The second-order valence-corrected chi connectivity index (χ2v) is 2.40. The molecule has 0 rings (SSSR count). The Kier molecular flexibility index (Phi) is 4.96. The molecule has 0 saturated heterocycles. The Labute approximate surface area is 82.0 Å². The summed E-state index contributed by atoms with van der Waals surface area (Å²) in [5, 5.41) is 0. The van der Waals surface area contributed by atoms with Crippen molar-refractivity contribution < 1.29 is 31.5 Å². The fourth-order valence-electron chi connectivity index (χ4n) is 0.587. The highest BCUT2D eigenvalue weighted by molar-refractivity contribution is 5.81. The summed E-state index contributed by atoms with van der Waals surface area (Å²) < 4.78 is 64.2. The van der Waals surface area contributed by atoms with Crippen molar-refractivity contribution in [2.75, 3.05) is 6.61 Å². The number of alkyl halides is 2. The summed E-state index contributed by atoms with van der Waals surface area (Å²) in [6.45, 7) is 2.10. The fraction of sp³-hybridized carbons (Fsp3) is 0.375. The Bertz CT molecular complexity index is 281. The topological polar surface area (TPSA) is 26.3 Å². The molecule has 0 unspecified atom stereocenters. The molecule has 0 aromatic rings. The van der Waals surface area contributed by atoms with Gasteiger partial charge in [0, 0.05) is 6.08 Å². The maximum atomic E-state index is 12.5. The summed E-state index contributed by atoms with van der Waals surface area (Å²) in [6, 6.07) is 0. The number of allylic oxidation sites excluding steroid dienone is 1. The number of hydrogen-bond acceptors (Lipinski definition) is 2. The van der Waals surface area contributed by atoms with Gasteiger partial charge in [0.25, 0.3) is 0 Å². The standard InChI is InChI=1S/C8H7F5O2/c1-2-5(14)15-4-3-8(12,13)6(9)7(10)11/h2H,1,3-4H2. The molecule has 7 heteroatoms. The molecule has 0 aliphatic rings. The third-order valence-corrected chi connectivity index (χ3v) is 1.31. The van der Waals surface area contributed by atoms with Crippen molar-refractivity contribution in [2.24, 2.45) is 0 Å². The van der Waals surface area contributed by atoms with E-state index in [1.54, 1.807) is 0 Å². The third kappa shape index (κ3) is 4.57. The monoisotopic (exact) mass is 230 g/mol. The third-order valence-electron chi connectivity index (χ3n) is 1.31. The van der Waals surface area contributed by atoms with Gasteiger partial charge in [0.2, 0.25) is 5.83 Å². The summed E-state index contributed by atoms with van der Waals surface area (Å²) >= 11 is 0. The predicted octanol–water partition coefficient (Wildman–Crippen LogP) is 2.82. The molecule has 0 bridgehead atoms. The van der Waals surface area contributed by atoms with Gasteiger partial charge in [-0.2, -0.15) is 22.0 Å². The van der Waals surface area contributed by atoms with Crippen LogP contribution in [0.2, 0.25) is 0 Å². The van der Waals surface area contributed by atoms with Gasteiger partial charge in [-0.15, -0.1) is 0 Å². The molecule has 86 valence electrons. The van der Waals surface area contributed by atoms with E-state index in [0.29, 0.717) is 6.08 Å². The lowest BCUT2D eigenvalue weighted by Gasteiger charge is -2.12. The molecule has 2 nitrogen and oxygen atoms in total. The molecule has 0 aromatic heterocycles. The van der Waals surface area contributed by atoms with Crippen LogP contribution in [0.25, 0.3) is 0 Å². The summed E-state index contributed by atoms with van der Waals surface area (Å²) in [5.74, 6) is -8.13. The summed E-state index contributed by atoms with van der Waals surface area (Å²) in [6.07, 6.45) is -3.73. The van der Waals surface area contributed by atoms with Crippen LogP contribution in [0.5, 0.6) is 0 Å². The van der Waals surface area contributed by atoms with E-state index in [4.69, 9.17) is 0 Å². The van der Waals surface area contributed by atoms with Crippen LogP contribution in [0.15, 0.2) is 24.6 Å². The van der Waals surface area contributed by atoms with Gasteiger partial charge >= 0.3 is 18.0 Å². The van der Waals surface area contributed by atoms with Gasteiger partial charge in [0.1, 0.15) is 0 Å². The normalized spacial score (nSPS) is 10.7. The minimum atomic E-state index is -4.33. The van der Waals surface area contributed by atoms with Crippen LogP contribution in [0.1, 0.15) is 6.42 Å². The van der Waals surface area contributed by atoms with E-state index >= 15 is 0 Å². The first-order valence-electron chi connectivity index (χ1n) is 3.69. The van der Waals surface area contributed by atoms with Gasteiger partial charge in [-0.25, -0.2) is 4.79 Å². The molecular formula is C8H7F5O2. The average Bonchev–Trinajstić information content (AvgIpc) is 2.15. The summed E-state index contributed by atoms with van der Waals surface area (Å²) in [5.41, 5.74) is 0. The quantitative estimate of drug-likeness (QED) is 0.412. The van der Waals surface area contributed by atoms with E-state index in [0.717, 1.165) is 0 Å². The zero-order valence-corrected chi connectivity index (χ0v) is 7.40. The number of halogens is 5. The number of carbonyl (C=O) groups is 1. The first-order chi connectivity index (χ1) is 6.81. The van der Waals surface area contributed by atoms with Crippen molar-refractivity contribution in [1.29, 1.82) is 0 Å². The van der Waals surface area contributed by atoms with E-state index in [-0.39, 0.29) is 0 Å². The lowest BCUT2D eigenvalue weighted by atomic mass is 10.2. The molecule has 0 aliphatic carbocycles.